The van der Waals surface area contributed by atoms with Crippen LogP contribution < -0.4 is 0 Å². The van der Waals surface area contributed by atoms with Crippen molar-refractivity contribution in [2.24, 2.45) is 0 Å². The van der Waals surface area contributed by atoms with Gasteiger partial charge in [-0.3, -0.25) is 4.79 Å². The molecular formula is C15H13BrFNOS. The molecule has 2 nitrogen and oxygen atoms in total. The first-order chi connectivity index (χ1) is 9.63. The summed E-state index contributed by atoms with van der Waals surface area (Å²) in [5.74, 6) is -0.493. The summed E-state index contributed by atoms with van der Waals surface area (Å²) in [4.78, 5) is 14.4. The highest BCUT2D eigenvalue weighted by molar-refractivity contribution is 9.10. The number of halogens is 2. The van der Waals surface area contributed by atoms with E-state index >= 15 is 0 Å². The van der Waals surface area contributed by atoms with E-state index in [0.29, 0.717) is 22.6 Å². The van der Waals surface area contributed by atoms with Gasteiger partial charge in [-0.2, -0.15) is 11.3 Å². The Morgan fingerprint density at radius 2 is 2.20 bits per heavy atom. The van der Waals surface area contributed by atoms with Crippen LogP contribution in [0.1, 0.15) is 28.8 Å². The van der Waals surface area contributed by atoms with Crippen LogP contribution in [0.2, 0.25) is 0 Å². The second kappa shape index (κ2) is 5.66. The monoisotopic (exact) mass is 353 g/mol. The van der Waals surface area contributed by atoms with E-state index in [1.165, 1.54) is 12.1 Å². The Labute approximate surface area is 129 Å². The Kier molecular flexibility index (Phi) is 3.89. The normalized spacial score (nSPS) is 14.3. The van der Waals surface area contributed by atoms with Crippen LogP contribution in [0.4, 0.5) is 4.39 Å². The molecule has 1 fully saturated rings. The van der Waals surface area contributed by atoms with Crippen LogP contribution in [0.3, 0.4) is 0 Å². The molecule has 0 bridgehead atoms. The van der Waals surface area contributed by atoms with Crippen LogP contribution in [0.25, 0.3) is 0 Å². The zero-order valence-corrected chi connectivity index (χ0v) is 13.1. The SMILES string of the molecule is O=C(c1cc(F)cc(Br)c1)N(Cc1ccsc1)C1CC1. The molecule has 0 N–H and O–H groups in total. The molecule has 1 saturated carbocycles. The fourth-order valence-corrected chi connectivity index (χ4v) is 3.30. The van der Waals surface area contributed by atoms with Gasteiger partial charge < -0.3 is 4.90 Å². The first kappa shape index (κ1) is 13.8. The Hall–Kier alpha value is -1.20. The van der Waals surface area contributed by atoms with Gasteiger partial charge in [-0.25, -0.2) is 4.39 Å². The Bertz CT molecular complexity index is 605. The molecule has 0 unspecified atom stereocenters. The van der Waals surface area contributed by atoms with Crippen LogP contribution in [-0.2, 0) is 6.54 Å². The summed E-state index contributed by atoms with van der Waals surface area (Å²) in [6.45, 7) is 0.598. The van der Waals surface area contributed by atoms with Crippen molar-refractivity contribution in [1.82, 2.24) is 4.90 Å². The quantitative estimate of drug-likeness (QED) is 0.794. The van der Waals surface area contributed by atoms with Crippen molar-refractivity contribution in [2.75, 3.05) is 0 Å². The highest BCUT2D eigenvalue weighted by Crippen LogP contribution is 2.30. The Balaban J connectivity index is 1.85. The number of rotatable bonds is 4. The second-order valence-electron chi connectivity index (χ2n) is 4.95. The summed E-state index contributed by atoms with van der Waals surface area (Å²) in [5.41, 5.74) is 1.53. The van der Waals surface area contributed by atoms with Crippen molar-refractivity contribution in [3.05, 3.63) is 56.4 Å². The first-order valence-electron chi connectivity index (χ1n) is 6.41. The summed E-state index contributed by atoms with van der Waals surface area (Å²) in [6, 6.07) is 6.65. The van der Waals surface area contributed by atoms with Gasteiger partial charge in [0.05, 0.1) is 0 Å². The van der Waals surface area contributed by atoms with Crippen molar-refractivity contribution in [1.29, 1.82) is 0 Å². The predicted octanol–water partition coefficient (Wildman–Crippen LogP) is 4.45. The Morgan fingerprint density at radius 3 is 2.80 bits per heavy atom. The lowest BCUT2D eigenvalue weighted by Crippen LogP contribution is -2.32. The number of thiophene rings is 1. The van der Waals surface area contributed by atoms with E-state index in [9.17, 15) is 9.18 Å². The van der Waals surface area contributed by atoms with Crippen molar-refractivity contribution in [2.45, 2.75) is 25.4 Å². The molecular weight excluding hydrogens is 341 g/mol. The fraction of sp³-hybridized carbons (Fsp3) is 0.267. The summed E-state index contributed by atoms with van der Waals surface area (Å²) < 4.78 is 14.0. The predicted molar refractivity (Wildman–Crippen MR) is 81.3 cm³/mol. The molecule has 3 rings (SSSR count). The van der Waals surface area contributed by atoms with Gasteiger partial charge >= 0.3 is 0 Å². The van der Waals surface area contributed by atoms with E-state index in [4.69, 9.17) is 0 Å². The van der Waals surface area contributed by atoms with Crippen LogP contribution in [0.5, 0.6) is 0 Å². The maximum atomic E-state index is 13.4. The van der Waals surface area contributed by atoms with E-state index in [2.05, 4.69) is 15.9 Å². The molecule has 5 heteroatoms. The number of hydrogen-bond donors (Lipinski definition) is 0. The van der Waals surface area contributed by atoms with Gasteiger partial charge in [0.15, 0.2) is 0 Å². The fourth-order valence-electron chi connectivity index (χ4n) is 2.18. The largest absolute Gasteiger partial charge is 0.331 e. The lowest BCUT2D eigenvalue weighted by atomic mass is 10.1. The molecule has 0 saturated heterocycles. The van der Waals surface area contributed by atoms with Crippen molar-refractivity contribution in [3.8, 4) is 0 Å². The number of benzene rings is 1. The molecule has 0 aliphatic heterocycles. The average molecular weight is 354 g/mol. The van der Waals surface area contributed by atoms with Crippen molar-refractivity contribution >= 4 is 33.2 Å². The van der Waals surface area contributed by atoms with E-state index in [1.807, 2.05) is 21.7 Å². The summed E-state index contributed by atoms with van der Waals surface area (Å²) in [5, 5.41) is 4.05. The average Bonchev–Trinajstić information content (AvgIpc) is 3.11. The molecule has 20 heavy (non-hydrogen) atoms. The third-order valence-corrected chi connectivity index (χ3v) is 4.48. The molecule has 1 heterocycles. The standard InChI is InChI=1S/C15H13BrFNOS/c16-12-5-11(6-13(17)7-12)15(19)18(14-1-2-14)8-10-3-4-20-9-10/h3-7,9,14H,1-2,8H2. The van der Waals surface area contributed by atoms with E-state index in [-0.39, 0.29) is 5.91 Å². The van der Waals surface area contributed by atoms with Gasteiger partial charge in [0, 0.05) is 22.6 Å². The summed E-state index contributed by atoms with van der Waals surface area (Å²) in [6.07, 6.45) is 2.07. The molecule has 2 aromatic rings. The number of carbonyl (C=O) groups is 1. The Morgan fingerprint density at radius 1 is 1.40 bits per heavy atom. The molecule has 1 aliphatic rings. The van der Waals surface area contributed by atoms with Gasteiger partial charge in [0.1, 0.15) is 5.82 Å². The third kappa shape index (κ3) is 3.10. The molecule has 104 valence electrons. The van der Waals surface area contributed by atoms with Crippen LogP contribution in [0, 0.1) is 5.82 Å². The molecule has 0 spiro atoms. The smallest absolute Gasteiger partial charge is 0.254 e. The van der Waals surface area contributed by atoms with Crippen molar-refractivity contribution in [3.63, 3.8) is 0 Å². The minimum absolute atomic E-state index is 0.0982. The van der Waals surface area contributed by atoms with Crippen molar-refractivity contribution < 1.29 is 9.18 Å². The molecule has 1 aromatic carbocycles. The third-order valence-electron chi connectivity index (χ3n) is 3.29. The minimum atomic E-state index is -0.394. The summed E-state index contributed by atoms with van der Waals surface area (Å²) >= 11 is 4.86. The number of hydrogen-bond acceptors (Lipinski definition) is 2. The topological polar surface area (TPSA) is 20.3 Å². The van der Waals surface area contributed by atoms with Crippen LogP contribution in [0.15, 0.2) is 39.5 Å². The van der Waals surface area contributed by atoms with E-state index in [1.54, 1.807) is 17.4 Å². The number of amides is 1. The molecule has 1 aromatic heterocycles. The van der Waals surface area contributed by atoms with Gasteiger partial charge in [-0.15, -0.1) is 0 Å². The van der Waals surface area contributed by atoms with Gasteiger partial charge in [0.25, 0.3) is 5.91 Å². The first-order valence-corrected chi connectivity index (χ1v) is 8.15. The minimum Gasteiger partial charge on any atom is -0.331 e. The number of nitrogens with zero attached hydrogens (tertiary/aromatic N) is 1. The summed E-state index contributed by atoms with van der Waals surface area (Å²) in [7, 11) is 0. The van der Waals surface area contributed by atoms with Gasteiger partial charge in [0.2, 0.25) is 0 Å². The maximum Gasteiger partial charge on any atom is 0.254 e. The molecule has 0 radical (unpaired) electrons. The van der Waals surface area contributed by atoms with Crippen LogP contribution >= 0.6 is 27.3 Å². The number of carbonyl (C=O) groups excluding carboxylic acids is 1. The highest BCUT2D eigenvalue weighted by Gasteiger charge is 2.33. The molecule has 1 aliphatic carbocycles. The van der Waals surface area contributed by atoms with E-state index in [0.717, 1.165) is 18.4 Å². The second-order valence-corrected chi connectivity index (χ2v) is 6.65. The molecule has 0 atom stereocenters. The van der Waals surface area contributed by atoms with E-state index < -0.39 is 5.82 Å². The molecule has 1 amide bonds. The highest BCUT2D eigenvalue weighted by atomic mass is 79.9. The zero-order valence-electron chi connectivity index (χ0n) is 10.7. The lowest BCUT2D eigenvalue weighted by Gasteiger charge is -2.22. The van der Waals surface area contributed by atoms with Gasteiger partial charge in [-0.05, 0) is 53.4 Å². The van der Waals surface area contributed by atoms with Gasteiger partial charge in [-0.1, -0.05) is 15.9 Å². The lowest BCUT2D eigenvalue weighted by molar-refractivity contribution is 0.0729. The zero-order chi connectivity index (χ0) is 14.1. The maximum absolute atomic E-state index is 13.4. The van der Waals surface area contributed by atoms with Crippen LogP contribution in [-0.4, -0.2) is 16.8 Å².